The van der Waals surface area contributed by atoms with Crippen molar-refractivity contribution in [3.63, 3.8) is 0 Å². The molecule has 32 heavy (non-hydrogen) atoms. The van der Waals surface area contributed by atoms with Gasteiger partial charge in [0, 0.05) is 30.4 Å². The van der Waals surface area contributed by atoms with E-state index in [2.05, 4.69) is 9.97 Å². The molecule has 4 aromatic rings. The summed E-state index contributed by atoms with van der Waals surface area (Å²) in [5, 5.41) is 1.27. The molecule has 2 aromatic carbocycles. The Balaban J connectivity index is 0.00000289. The Labute approximate surface area is 206 Å². The molecule has 0 saturated carbocycles. The van der Waals surface area contributed by atoms with Gasteiger partial charge in [-0.2, -0.15) is 0 Å². The molecule has 0 unspecified atom stereocenters. The SMILES string of the molecule is COc1ccc(SCC(=O)N(CCCn2ccnc2)c2nc3c(Cl)cccc3s2)cc1.Cl. The Hall–Kier alpha value is -2.26. The molecular formula is C22H22Cl2N4O2S2. The monoisotopic (exact) mass is 508 g/mol. The Morgan fingerprint density at radius 2 is 2.06 bits per heavy atom. The highest BCUT2D eigenvalue weighted by Gasteiger charge is 2.20. The molecule has 0 bridgehead atoms. The first kappa shape index (κ1) is 24.4. The average molecular weight is 509 g/mol. The predicted molar refractivity (Wildman–Crippen MR) is 135 cm³/mol. The maximum atomic E-state index is 13.2. The molecule has 0 saturated heterocycles. The van der Waals surface area contributed by atoms with Crippen LogP contribution in [0.2, 0.25) is 5.02 Å². The lowest BCUT2D eigenvalue weighted by atomic mass is 10.3. The van der Waals surface area contributed by atoms with Crippen LogP contribution in [0.5, 0.6) is 5.75 Å². The quantitative estimate of drug-likeness (QED) is 0.267. The van der Waals surface area contributed by atoms with Crippen molar-refractivity contribution in [1.29, 1.82) is 0 Å². The van der Waals surface area contributed by atoms with Crippen LogP contribution in [0.3, 0.4) is 0 Å². The minimum atomic E-state index is 0. The van der Waals surface area contributed by atoms with Gasteiger partial charge < -0.3 is 9.30 Å². The minimum absolute atomic E-state index is 0. The van der Waals surface area contributed by atoms with Crippen LogP contribution in [-0.4, -0.2) is 39.8 Å². The lowest BCUT2D eigenvalue weighted by molar-refractivity contribution is -0.116. The number of methoxy groups -OCH3 is 1. The normalized spacial score (nSPS) is 10.7. The van der Waals surface area contributed by atoms with Gasteiger partial charge in [0.05, 0.1) is 28.9 Å². The van der Waals surface area contributed by atoms with Crippen molar-refractivity contribution in [2.45, 2.75) is 17.9 Å². The van der Waals surface area contributed by atoms with Crippen LogP contribution >= 0.6 is 47.1 Å². The van der Waals surface area contributed by atoms with E-state index in [9.17, 15) is 4.79 Å². The van der Waals surface area contributed by atoms with Gasteiger partial charge in [0.15, 0.2) is 5.13 Å². The van der Waals surface area contributed by atoms with E-state index in [1.54, 1.807) is 24.5 Å². The summed E-state index contributed by atoms with van der Waals surface area (Å²) in [5.41, 5.74) is 0.736. The highest BCUT2D eigenvalue weighted by molar-refractivity contribution is 8.00. The number of halogens is 2. The molecule has 0 aliphatic heterocycles. The molecule has 168 valence electrons. The van der Waals surface area contributed by atoms with Crippen LogP contribution in [0.15, 0.2) is 66.1 Å². The fourth-order valence-corrected chi connectivity index (χ4v) is 5.15. The fourth-order valence-electron chi connectivity index (χ4n) is 3.07. The van der Waals surface area contributed by atoms with Gasteiger partial charge in [-0.15, -0.1) is 24.2 Å². The zero-order chi connectivity index (χ0) is 21.6. The van der Waals surface area contributed by atoms with Crippen molar-refractivity contribution >= 4 is 68.4 Å². The van der Waals surface area contributed by atoms with Crippen LogP contribution in [0, 0.1) is 0 Å². The van der Waals surface area contributed by atoms with Crippen molar-refractivity contribution in [3.8, 4) is 5.75 Å². The smallest absolute Gasteiger partial charge is 0.239 e. The number of rotatable bonds is 9. The number of fused-ring (bicyclic) bond motifs is 1. The largest absolute Gasteiger partial charge is 0.497 e. The Morgan fingerprint density at radius 3 is 2.75 bits per heavy atom. The summed E-state index contributed by atoms with van der Waals surface area (Å²) in [6, 6.07) is 13.4. The Morgan fingerprint density at radius 1 is 1.25 bits per heavy atom. The average Bonchev–Trinajstić information content (AvgIpc) is 3.46. The number of carbonyl (C=O) groups is 1. The molecule has 0 N–H and O–H groups in total. The van der Waals surface area contributed by atoms with Crippen molar-refractivity contribution in [2.75, 3.05) is 24.3 Å². The van der Waals surface area contributed by atoms with Crippen LogP contribution < -0.4 is 9.64 Å². The number of amides is 1. The third-order valence-corrected chi connectivity index (χ3v) is 7.01. The molecule has 0 fully saturated rings. The number of thiazole rings is 1. The topological polar surface area (TPSA) is 60.2 Å². The van der Waals surface area contributed by atoms with E-state index in [1.165, 1.54) is 23.1 Å². The summed E-state index contributed by atoms with van der Waals surface area (Å²) >= 11 is 9.30. The summed E-state index contributed by atoms with van der Waals surface area (Å²) < 4.78 is 8.17. The Bertz CT molecular complexity index is 1150. The Kier molecular flexibility index (Phi) is 8.81. The zero-order valence-corrected chi connectivity index (χ0v) is 20.5. The molecule has 0 spiro atoms. The molecule has 0 atom stereocenters. The van der Waals surface area contributed by atoms with Gasteiger partial charge in [-0.1, -0.05) is 29.0 Å². The standard InChI is InChI=1S/C22H21ClN4O2S2.ClH/c1-29-16-6-8-17(9-7-16)30-14-20(28)27(12-3-11-26-13-10-24-15-26)22-25-21-18(23)4-2-5-19(21)31-22;/h2,4-10,13,15H,3,11-12,14H2,1H3;1H. The van der Waals surface area contributed by atoms with Crippen molar-refractivity contribution in [2.24, 2.45) is 0 Å². The molecule has 2 aromatic heterocycles. The van der Waals surface area contributed by atoms with Gasteiger partial charge in [0.1, 0.15) is 11.3 Å². The number of carbonyl (C=O) groups excluding carboxylic acids is 1. The number of aromatic nitrogens is 3. The molecule has 6 nitrogen and oxygen atoms in total. The zero-order valence-electron chi connectivity index (χ0n) is 17.3. The second-order valence-electron chi connectivity index (χ2n) is 6.75. The van der Waals surface area contributed by atoms with Crippen molar-refractivity contribution in [3.05, 3.63) is 66.2 Å². The van der Waals surface area contributed by atoms with Gasteiger partial charge >= 0.3 is 0 Å². The summed E-state index contributed by atoms with van der Waals surface area (Å²) in [7, 11) is 1.64. The van der Waals surface area contributed by atoms with E-state index in [-0.39, 0.29) is 18.3 Å². The number of benzene rings is 2. The highest BCUT2D eigenvalue weighted by Crippen LogP contribution is 2.33. The number of aryl methyl sites for hydroxylation is 1. The van der Waals surface area contributed by atoms with Gasteiger partial charge in [0.25, 0.3) is 0 Å². The van der Waals surface area contributed by atoms with Gasteiger partial charge in [-0.25, -0.2) is 9.97 Å². The van der Waals surface area contributed by atoms with Crippen molar-refractivity contribution in [1.82, 2.24) is 14.5 Å². The van der Waals surface area contributed by atoms with Crippen LogP contribution in [0.1, 0.15) is 6.42 Å². The maximum absolute atomic E-state index is 13.2. The van der Waals surface area contributed by atoms with Gasteiger partial charge in [-0.3, -0.25) is 9.69 Å². The number of para-hydroxylation sites is 1. The molecule has 0 radical (unpaired) electrons. The van der Waals surface area contributed by atoms with E-state index in [0.717, 1.165) is 33.8 Å². The molecule has 1 amide bonds. The summed E-state index contributed by atoms with van der Waals surface area (Å²) in [6.45, 7) is 1.35. The molecule has 10 heteroatoms. The lowest BCUT2D eigenvalue weighted by Crippen LogP contribution is -2.33. The number of thioether (sulfide) groups is 1. The lowest BCUT2D eigenvalue weighted by Gasteiger charge is -2.20. The molecule has 0 aliphatic carbocycles. The van der Waals surface area contributed by atoms with E-state index >= 15 is 0 Å². The summed E-state index contributed by atoms with van der Waals surface area (Å²) in [4.78, 5) is 24.7. The molecule has 0 aliphatic rings. The number of anilines is 1. The number of ether oxygens (including phenoxy) is 1. The van der Waals surface area contributed by atoms with Gasteiger partial charge in [-0.05, 0) is 42.8 Å². The van der Waals surface area contributed by atoms with Crippen LogP contribution in [0.25, 0.3) is 10.2 Å². The predicted octanol–water partition coefficient (Wildman–Crippen LogP) is 5.79. The second kappa shape index (κ2) is 11.6. The second-order valence-corrected chi connectivity index (χ2v) is 9.21. The van der Waals surface area contributed by atoms with E-state index in [0.29, 0.717) is 22.5 Å². The van der Waals surface area contributed by atoms with Crippen LogP contribution in [-0.2, 0) is 11.3 Å². The van der Waals surface area contributed by atoms with Crippen LogP contribution in [0.4, 0.5) is 5.13 Å². The van der Waals surface area contributed by atoms with Crippen molar-refractivity contribution < 1.29 is 9.53 Å². The number of hydrogen-bond acceptors (Lipinski definition) is 6. The van der Waals surface area contributed by atoms with E-state index < -0.39 is 0 Å². The number of hydrogen-bond donors (Lipinski definition) is 0. The number of nitrogens with zero attached hydrogens (tertiary/aromatic N) is 4. The first-order valence-corrected chi connectivity index (χ1v) is 11.9. The highest BCUT2D eigenvalue weighted by atomic mass is 35.5. The number of imidazole rings is 1. The first-order valence-electron chi connectivity index (χ1n) is 9.72. The summed E-state index contributed by atoms with van der Waals surface area (Å²) in [6.07, 6.45) is 6.25. The third-order valence-electron chi connectivity index (χ3n) is 4.67. The molecule has 2 heterocycles. The first-order chi connectivity index (χ1) is 15.1. The van der Waals surface area contributed by atoms with E-state index in [1.807, 2.05) is 53.2 Å². The van der Waals surface area contributed by atoms with E-state index in [4.69, 9.17) is 16.3 Å². The molecule has 4 rings (SSSR count). The minimum Gasteiger partial charge on any atom is -0.497 e. The summed E-state index contributed by atoms with van der Waals surface area (Å²) in [5.74, 6) is 1.13. The fraction of sp³-hybridized carbons (Fsp3) is 0.227. The van der Waals surface area contributed by atoms with Gasteiger partial charge in [0.2, 0.25) is 5.91 Å². The molecular weight excluding hydrogens is 487 g/mol. The maximum Gasteiger partial charge on any atom is 0.239 e. The third kappa shape index (κ3) is 5.95.